The SMILES string of the molecule is O=c1cc(-c2nnc(N3CCSC4CCC43)n2CCc2ccccc2)cn[nH]1. The van der Waals surface area contributed by atoms with Crippen LogP contribution in [0.25, 0.3) is 11.4 Å². The van der Waals surface area contributed by atoms with Crippen molar-refractivity contribution in [2.45, 2.75) is 37.1 Å². The standard InChI is InChI=1S/C20H22N6OS/c27-18-12-15(13-21-22-18)19-23-24-20(25-10-11-28-17-7-6-16(17)25)26(19)9-8-14-4-2-1-3-5-14/h1-5,12-13,16-17H,6-11H2,(H,22,27). The van der Waals surface area contributed by atoms with E-state index in [0.717, 1.165) is 31.2 Å². The molecule has 5 rings (SSSR count). The van der Waals surface area contributed by atoms with Gasteiger partial charge in [-0.25, -0.2) is 5.10 Å². The highest BCUT2D eigenvalue weighted by atomic mass is 32.2. The summed E-state index contributed by atoms with van der Waals surface area (Å²) in [7, 11) is 0. The van der Waals surface area contributed by atoms with Crippen molar-refractivity contribution >= 4 is 17.7 Å². The van der Waals surface area contributed by atoms with E-state index in [-0.39, 0.29) is 5.56 Å². The number of aryl methyl sites for hydroxylation is 1. The van der Waals surface area contributed by atoms with Gasteiger partial charge in [0.25, 0.3) is 5.56 Å². The minimum absolute atomic E-state index is 0.231. The smallest absolute Gasteiger partial charge is 0.264 e. The second kappa shape index (κ2) is 7.43. The molecule has 0 radical (unpaired) electrons. The molecule has 1 aromatic carbocycles. The lowest BCUT2D eigenvalue weighted by Gasteiger charge is -2.48. The molecule has 3 heterocycles. The zero-order chi connectivity index (χ0) is 18.9. The molecule has 1 saturated carbocycles. The number of rotatable bonds is 5. The molecule has 7 nitrogen and oxygen atoms in total. The summed E-state index contributed by atoms with van der Waals surface area (Å²) < 4.78 is 2.16. The van der Waals surface area contributed by atoms with Gasteiger partial charge >= 0.3 is 0 Å². The number of nitrogens with one attached hydrogen (secondary N) is 1. The third kappa shape index (κ3) is 3.22. The fourth-order valence-electron chi connectivity index (χ4n) is 4.03. The third-order valence-electron chi connectivity index (χ3n) is 5.62. The van der Waals surface area contributed by atoms with E-state index in [9.17, 15) is 4.79 Å². The zero-order valence-corrected chi connectivity index (χ0v) is 16.3. The zero-order valence-electron chi connectivity index (χ0n) is 15.5. The monoisotopic (exact) mass is 394 g/mol. The maximum Gasteiger partial charge on any atom is 0.264 e. The first-order chi connectivity index (χ1) is 13.8. The lowest BCUT2D eigenvalue weighted by atomic mass is 9.90. The Kier molecular flexibility index (Phi) is 4.64. The van der Waals surface area contributed by atoms with Crippen molar-refractivity contribution in [3.05, 3.63) is 58.5 Å². The van der Waals surface area contributed by atoms with Gasteiger partial charge in [-0.15, -0.1) is 10.2 Å². The molecule has 1 aliphatic heterocycles. The molecule has 2 atom stereocenters. The number of H-pyrrole nitrogens is 1. The first-order valence-corrected chi connectivity index (χ1v) is 10.7. The maximum atomic E-state index is 11.8. The van der Waals surface area contributed by atoms with Crippen LogP contribution >= 0.6 is 11.8 Å². The number of fused-ring (bicyclic) bond motifs is 1. The van der Waals surface area contributed by atoms with Gasteiger partial charge in [0, 0.05) is 41.8 Å². The molecule has 0 bridgehead atoms. The van der Waals surface area contributed by atoms with E-state index in [1.54, 1.807) is 6.20 Å². The van der Waals surface area contributed by atoms with Gasteiger partial charge in [-0.05, 0) is 24.8 Å². The lowest BCUT2D eigenvalue weighted by molar-refractivity contribution is 0.388. The summed E-state index contributed by atoms with van der Waals surface area (Å²) in [6, 6.07) is 12.5. The van der Waals surface area contributed by atoms with Gasteiger partial charge < -0.3 is 4.90 Å². The van der Waals surface area contributed by atoms with E-state index < -0.39 is 0 Å². The lowest BCUT2D eigenvalue weighted by Crippen LogP contribution is -2.54. The first kappa shape index (κ1) is 17.5. The van der Waals surface area contributed by atoms with Crippen LogP contribution in [0.4, 0.5) is 5.95 Å². The van der Waals surface area contributed by atoms with Gasteiger partial charge in [-0.1, -0.05) is 30.3 Å². The second-order valence-corrected chi connectivity index (χ2v) is 8.64. The number of nitrogens with zero attached hydrogens (tertiary/aromatic N) is 5. The number of aromatic amines is 1. The molecule has 3 aromatic rings. The summed E-state index contributed by atoms with van der Waals surface area (Å²) in [6.45, 7) is 1.75. The number of anilines is 1. The molecule has 0 spiro atoms. The predicted molar refractivity (Wildman–Crippen MR) is 111 cm³/mol. The van der Waals surface area contributed by atoms with E-state index >= 15 is 0 Å². The van der Waals surface area contributed by atoms with Crippen LogP contribution in [0.5, 0.6) is 0 Å². The Morgan fingerprint density at radius 1 is 1.18 bits per heavy atom. The summed E-state index contributed by atoms with van der Waals surface area (Å²) in [6.07, 6.45) is 5.03. The molecule has 0 amide bonds. The average Bonchev–Trinajstić information content (AvgIpc) is 3.12. The topological polar surface area (TPSA) is 79.7 Å². The Morgan fingerprint density at radius 3 is 2.86 bits per heavy atom. The van der Waals surface area contributed by atoms with E-state index in [2.05, 4.69) is 65.9 Å². The quantitative estimate of drug-likeness (QED) is 0.716. The van der Waals surface area contributed by atoms with Gasteiger partial charge in [0.15, 0.2) is 5.82 Å². The van der Waals surface area contributed by atoms with Crippen LogP contribution < -0.4 is 10.5 Å². The maximum absolute atomic E-state index is 11.8. The highest BCUT2D eigenvalue weighted by Crippen LogP contribution is 2.41. The number of hydrogen-bond acceptors (Lipinski definition) is 6. The van der Waals surface area contributed by atoms with Crippen LogP contribution in [-0.2, 0) is 13.0 Å². The fraction of sp³-hybridized carbons (Fsp3) is 0.400. The minimum Gasteiger partial charge on any atom is -0.336 e. The van der Waals surface area contributed by atoms with Gasteiger partial charge in [0.1, 0.15) is 0 Å². The van der Waals surface area contributed by atoms with Crippen molar-refractivity contribution < 1.29 is 0 Å². The number of hydrogen-bond donors (Lipinski definition) is 1. The molecular weight excluding hydrogens is 372 g/mol. The number of benzene rings is 1. The van der Waals surface area contributed by atoms with Crippen LogP contribution in [0.1, 0.15) is 18.4 Å². The summed E-state index contributed by atoms with van der Waals surface area (Å²) in [5.41, 5.74) is 1.74. The molecule has 1 N–H and O–H groups in total. The van der Waals surface area contributed by atoms with E-state index in [4.69, 9.17) is 0 Å². The Hall–Kier alpha value is -2.61. The number of thioether (sulfide) groups is 1. The van der Waals surface area contributed by atoms with Crippen molar-refractivity contribution in [2.75, 3.05) is 17.2 Å². The molecule has 2 aliphatic rings. The predicted octanol–water partition coefficient (Wildman–Crippen LogP) is 2.36. The molecular formula is C20H22N6OS. The Bertz CT molecular complexity index is 1020. The Balaban J connectivity index is 1.52. The number of aromatic nitrogens is 5. The van der Waals surface area contributed by atoms with Gasteiger partial charge in [-0.3, -0.25) is 9.36 Å². The molecule has 28 heavy (non-hydrogen) atoms. The van der Waals surface area contributed by atoms with Gasteiger partial charge in [0.2, 0.25) is 5.95 Å². The third-order valence-corrected chi connectivity index (χ3v) is 7.02. The fourth-order valence-corrected chi connectivity index (χ4v) is 5.44. The van der Waals surface area contributed by atoms with Gasteiger partial charge in [0.05, 0.1) is 6.20 Å². The largest absolute Gasteiger partial charge is 0.336 e. The first-order valence-electron chi connectivity index (χ1n) is 9.70. The highest BCUT2D eigenvalue weighted by molar-refractivity contribution is 8.00. The molecule has 2 aromatic heterocycles. The molecule has 1 aliphatic carbocycles. The normalized spacial score (nSPS) is 21.2. The molecule has 144 valence electrons. The van der Waals surface area contributed by atoms with Crippen LogP contribution in [0.3, 0.4) is 0 Å². The Morgan fingerprint density at radius 2 is 2.07 bits per heavy atom. The molecule has 8 heteroatoms. The van der Waals surface area contributed by atoms with Crippen LogP contribution in [0, 0.1) is 0 Å². The second-order valence-electron chi connectivity index (χ2n) is 7.29. The summed E-state index contributed by atoms with van der Waals surface area (Å²) >= 11 is 2.08. The minimum atomic E-state index is -0.231. The van der Waals surface area contributed by atoms with Crippen LogP contribution in [0.15, 0.2) is 47.4 Å². The molecule has 2 fully saturated rings. The van der Waals surface area contributed by atoms with Crippen molar-refractivity contribution in [3.63, 3.8) is 0 Å². The Labute approximate surface area is 167 Å². The summed E-state index contributed by atoms with van der Waals surface area (Å²) in [5, 5.41) is 16.1. The van der Waals surface area contributed by atoms with E-state index in [0.29, 0.717) is 22.7 Å². The van der Waals surface area contributed by atoms with E-state index in [1.165, 1.54) is 24.5 Å². The van der Waals surface area contributed by atoms with E-state index in [1.807, 2.05) is 6.07 Å². The van der Waals surface area contributed by atoms with Crippen molar-refractivity contribution in [2.24, 2.45) is 0 Å². The average molecular weight is 395 g/mol. The van der Waals surface area contributed by atoms with Crippen molar-refractivity contribution in [1.82, 2.24) is 25.0 Å². The van der Waals surface area contributed by atoms with Gasteiger partial charge in [-0.2, -0.15) is 16.9 Å². The highest BCUT2D eigenvalue weighted by Gasteiger charge is 2.41. The molecule has 1 saturated heterocycles. The van der Waals surface area contributed by atoms with Crippen LogP contribution in [0.2, 0.25) is 0 Å². The van der Waals surface area contributed by atoms with Crippen LogP contribution in [-0.4, -0.2) is 48.6 Å². The summed E-state index contributed by atoms with van der Waals surface area (Å²) in [5.74, 6) is 2.74. The van der Waals surface area contributed by atoms with Crippen molar-refractivity contribution in [3.8, 4) is 11.4 Å². The van der Waals surface area contributed by atoms with Crippen molar-refractivity contribution in [1.29, 1.82) is 0 Å². The summed E-state index contributed by atoms with van der Waals surface area (Å²) in [4.78, 5) is 14.2. The molecule has 2 unspecified atom stereocenters.